The molecule has 0 saturated carbocycles. The summed E-state index contributed by atoms with van der Waals surface area (Å²) in [7, 11) is 0. The number of aryl methyl sites for hydroxylation is 2. The summed E-state index contributed by atoms with van der Waals surface area (Å²) in [5, 5.41) is 13.8. The van der Waals surface area contributed by atoms with Crippen LogP contribution in [-0.4, -0.2) is 55.9 Å². The van der Waals surface area contributed by atoms with Gasteiger partial charge in [-0.2, -0.15) is 18.3 Å². The van der Waals surface area contributed by atoms with Crippen LogP contribution in [0.5, 0.6) is 0 Å². The average molecular weight is 384 g/mol. The Hall–Kier alpha value is -2.65. The van der Waals surface area contributed by atoms with Crippen LogP contribution in [0.1, 0.15) is 35.8 Å². The van der Waals surface area contributed by atoms with Crippen LogP contribution in [0.2, 0.25) is 0 Å². The smallest absolute Gasteiger partial charge is 0.405 e. The predicted molar refractivity (Wildman–Crippen MR) is 89.2 cm³/mol. The van der Waals surface area contributed by atoms with E-state index in [-0.39, 0.29) is 13.1 Å². The van der Waals surface area contributed by atoms with Gasteiger partial charge in [0.1, 0.15) is 0 Å². The van der Waals surface area contributed by atoms with Crippen molar-refractivity contribution in [2.45, 2.75) is 39.4 Å². The van der Waals surface area contributed by atoms with E-state index < -0.39 is 36.3 Å². The topological polar surface area (TPSA) is 88.3 Å². The van der Waals surface area contributed by atoms with Crippen molar-refractivity contribution < 1.29 is 27.9 Å². The van der Waals surface area contributed by atoms with Crippen molar-refractivity contribution in [3.8, 4) is 0 Å². The predicted octanol–water partition coefficient (Wildman–Crippen LogP) is 2.63. The maximum atomic E-state index is 13.3. The van der Waals surface area contributed by atoms with Crippen LogP contribution in [-0.2, 0) is 11.3 Å². The second kappa shape index (κ2) is 6.50. The lowest BCUT2D eigenvalue weighted by Gasteiger charge is -2.39. The molecule has 10 heteroatoms. The van der Waals surface area contributed by atoms with Gasteiger partial charge in [-0.1, -0.05) is 0 Å². The van der Waals surface area contributed by atoms with Crippen molar-refractivity contribution in [2.24, 2.45) is 5.41 Å². The summed E-state index contributed by atoms with van der Waals surface area (Å²) in [6.45, 7) is 3.60. The molecule has 1 saturated heterocycles. The minimum atomic E-state index is -4.86. The van der Waals surface area contributed by atoms with Crippen LogP contribution in [0, 0.1) is 12.3 Å². The van der Waals surface area contributed by atoms with E-state index in [4.69, 9.17) is 5.11 Å². The summed E-state index contributed by atoms with van der Waals surface area (Å²) in [5.41, 5.74) is -1.37. The highest BCUT2D eigenvalue weighted by molar-refractivity contribution is 6.05. The molecular weight excluding hydrogens is 365 g/mol. The molecule has 0 radical (unpaired) electrons. The molecule has 0 unspecified atom stereocenters. The highest BCUT2D eigenvalue weighted by Crippen LogP contribution is 2.46. The lowest BCUT2D eigenvalue weighted by Crippen LogP contribution is -2.53. The number of piperidine rings is 1. The standard InChI is InChI=1S/C17H19F3N4O3/c1-3-24-13-12(9-21-24)11(8-10(2)22-13)14(25)23-6-4-16(5-7-23,15(26)27)17(18,19)20/h8-9H,3-7H2,1-2H3,(H,26,27). The number of nitrogens with zero attached hydrogens (tertiary/aromatic N) is 4. The molecule has 2 aromatic rings. The van der Waals surface area contributed by atoms with Crippen LogP contribution in [0.4, 0.5) is 13.2 Å². The molecule has 146 valence electrons. The van der Waals surface area contributed by atoms with E-state index >= 15 is 0 Å². The van der Waals surface area contributed by atoms with Crippen molar-refractivity contribution in [1.29, 1.82) is 0 Å². The van der Waals surface area contributed by atoms with Gasteiger partial charge in [0.25, 0.3) is 5.91 Å². The number of hydrogen-bond donors (Lipinski definition) is 1. The summed E-state index contributed by atoms with van der Waals surface area (Å²) in [5.74, 6) is -2.34. The first kappa shape index (κ1) is 19.1. The minimum absolute atomic E-state index is 0.282. The molecule has 7 nitrogen and oxygen atoms in total. The van der Waals surface area contributed by atoms with E-state index in [0.29, 0.717) is 28.8 Å². The Kier molecular flexibility index (Phi) is 4.61. The van der Waals surface area contributed by atoms with Crippen LogP contribution < -0.4 is 0 Å². The molecule has 27 heavy (non-hydrogen) atoms. The van der Waals surface area contributed by atoms with Gasteiger partial charge in [-0.15, -0.1) is 0 Å². The number of carbonyl (C=O) groups is 2. The number of carbonyl (C=O) groups excluding carboxylic acids is 1. The fraction of sp³-hybridized carbons (Fsp3) is 0.529. The number of rotatable bonds is 3. The third-order valence-corrected chi connectivity index (χ3v) is 5.12. The Labute approximate surface area is 152 Å². The molecule has 3 heterocycles. The second-order valence-electron chi connectivity index (χ2n) is 6.69. The molecule has 3 rings (SSSR count). The van der Waals surface area contributed by atoms with Crippen LogP contribution in [0.3, 0.4) is 0 Å². The van der Waals surface area contributed by atoms with Crippen molar-refractivity contribution in [3.05, 3.63) is 23.5 Å². The van der Waals surface area contributed by atoms with Crippen LogP contribution >= 0.6 is 0 Å². The minimum Gasteiger partial charge on any atom is -0.481 e. The second-order valence-corrected chi connectivity index (χ2v) is 6.69. The molecule has 1 N–H and O–H groups in total. The molecule has 0 aromatic carbocycles. The van der Waals surface area contributed by atoms with Gasteiger partial charge in [0, 0.05) is 25.3 Å². The van der Waals surface area contributed by atoms with E-state index in [1.807, 2.05) is 6.92 Å². The maximum absolute atomic E-state index is 13.3. The summed E-state index contributed by atoms with van der Waals surface area (Å²) in [4.78, 5) is 29.9. The highest BCUT2D eigenvalue weighted by Gasteiger charge is 2.61. The maximum Gasteiger partial charge on any atom is 0.405 e. The molecular formula is C17H19F3N4O3. The van der Waals surface area contributed by atoms with Gasteiger partial charge in [0.15, 0.2) is 11.1 Å². The number of halogens is 3. The zero-order valence-corrected chi connectivity index (χ0v) is 14.9. The van der Waals surface area contributed by atoms with Crippen LogP contribution in [0.15, 0.2) is 12.3 Å². The van der Waals surface area contributed by atoms with Crippen molar-refractivity contribution >= 4 is 22.9 Å². The Balaban J connectivity index is 1.90. The number of fused-ring (bicyclic) bond motifs is 1. The van der Waals surface area contributed by atoms with E-state index in [9.17, 15) is 22.8 Å². The average Bonchev–Trinajstić information content (AvgIpc) is 3.02. The van der Waals surface area contributed by atoms with E-state index in [1.165, 1.54) is 11.1 Å². The third kappa shape index (κ3) is 3.02. The SMILES string of the molecule is CCn1ncc2c(C(=O)N3CCC(C(=O)O)(C(F)(F)F)CC3)cc(C)nc21. The van der Waals surface area contributed by atoms with Gasteiger partial charge in [-0.05, 0) is 32.8 Å². The number of carboxylic acid groups (broad SMARTS) is 1. The van der Waals surface area contributed by atoms with Crippen molar-refractivity contribution in [2.75, 3.05) is 13.1 Å². The zero-order chi connectivity index (χ0) is 20.0. The number of pyridine rings is 1. The van der Waals surface area contributed by atoms with Crippen molar-refractivity contribution in [3.63, 3.8) is 0 Å². The molecule has 1 aliphatic rings. The van der Waals surface area contributed by atoms with Gasteiger partial charge in [0.2, 0.25) is 0 Å². The Bertz CT molecular complexity index is 899. The first-order valence-electron chi connectivity index (χ1n) is 8.53. The lowest BCUT2D eigenvalue weighted by atomic mass is 9.77. The van der Waals surface area contributed by atoms with E-state index in [1.54, 1.807) is 17.7 Å². The molecule has 2 aromatic heterocycles. The monoisotopic (exact) mass is 384 g/mol. The largest absolute Gasteiger partial charge is 0.481 e. The number of alkyl halides is 3. The Morgan fingerprint density at radius 2 is 1.93 bits per heavy atom. The number of amides is 1. The molecule has 1 aliphatic heterocycles. The van der Waals surface area contributed by atoms with Gasteiger partial charge in [-0.25, -0.2) is 9.67 Å². The lowest BCUT2D eigenvalue weighted by molar-refractivity contribution is -0.240. The van der Waals surface area contributed by atoms with Crippen molar-refractivity contribution in [1.82, 2.24) is 19.7 Å². The van der Waals surface area contributed by atoms with Gasteiger partial charge >= 0.3 is 12.1 Å². The zero-order valence-electron chi connectivity index (χ0n) is 14.9. The summed E-state index contributed by atoms with van der Waals surface area (Å²) in [6.07, 6.45) is -4.69. The van der Waals surface area contributed by atoms with E-state index in [0.717, 1.165) is 0 Å². The Morgan fingerprint density at radius 3 is 2.44 bits per heavy atom. The Morgan fingerprint density at radius 1 is 1.30 bits per heavy atom. The number of aliphatic carboxylic acids is 1. The van der Waals surface area contributed by atoms with Gasteiger partial charge in [-0.3, -0.25) is 9.59 Å². The van der Waals surface area contributed by atoms with E-state index in [2.05, 4.69) is 10.1 Å². The fourth-order valence-electron chi connectivity index (χ4n) is 3.46. The molecule has 1 amide bonds. The first-order valence-corrected chi connectivity index (χ1v) is 8.53. The summed E-state index contributed by atoms with van der Waals surface area (Å²) >= 11 is 0. The molecule has 1 fully saturated rings. The summed E-state index contributed by atoms with van der Waals surface area (Å²) in [6, 6.07) is 1.58. The normalized spacial score (nSPS) is 17.3. The number of hydrogen-bond acceptors (Lipinski definition) is 4. The number of likely N-dealkylation sites (tertiary alicyclic amines) is 1. The van der Waals surface area contributed by atoms with Gasteiger partial charge < -0.3 is 10.0 Å². The fourth-order valence-corrected chi connectivity index (χ4v) is 3.46. The molecule has 0 aliphatic carbocycles. The van der Waals surface area contributed by atoms with Gasteiger partial charge in [0.05, 0.1) is 17.1 Å². The van der Waals surface area contributed by atoms with Crippen LogP contribution in [0.25, 0.3) is 11.0 Å². The first-order chi connectivity index (χ1) is 12.6. The number of aromatic nitrogens is 3. The quantitative estimate of drug-likeness (QED) is 0.879. The summed E-state index contributed by atoms with van der Waals surface area (Å²) < 4.78 is 41.5. The molecule has 0 atom stereocenters. The molecule has 0 bridgehead atoms. The number of carboxylic acids is 1. The third-order valence-electron chi connectivity index (χ3n) is 5.12. The highest BCUT2D eigenvalue weighted by atomic mass is 19.4. The molecule has 0 spiro atoms.